The fourth-order valence-corrected chi connectivity index (χ4v) is 2.06. The predicted molar refractivity (Wildman–Crippen MR) is 81.5 cm³/mol. The number of alkyl carbamates (subject to hydrolysis) is 1. The van der Waals surface area contributed by atoms with Crippen LogP contribution in [0.1, 0.15) is 41.5 Å². The first-order valence-corrected chi connectivity index (χ1v) is 7.50. The average molecular weight is 316 g/mol. The molecule has 0 aliphatic carbocycles. The third kappa shape index (κ3) is 6.51. The van der Waals surface area contributed by atoms with Crippen molar-refractivity contribution >= 4 is 12.2 Å². The third-order valence-corrected chi connectivity index (χ3v) is 2.97. The van der Waals surface area contributed by atoms with E-state index in [0.717, 1.165) is 0 Å². The zero-order chi connectivity index (χ0) is 17.1. The largest absolute Gasteiger partial charge is 0.444 e. The minimum absolute atomic E-state index is 0.204. The molecule has 2 N–H and O–H groups in total. The Hall–Kier alpha value is -1.50. The number of rotatable bonds is 2. The molecule has 1 rings (SSSR count). The van der Waals surface area contributed by atoms with E-state index in [1.165, 1.54) is 4.90 Å². The van der Waals surface area contributed by atoms with Gasteiger partial charge in [0.25, 0.3) is 0 Å². The summed E-state index contributed by atoms with van der Waals surface area (Å²) in [5.74, 6) is -0.236. The van der Waals surface area contributed by atoms with E-state index in [2.05, 4.69) is 5.32 Å². The molecule has 1 aliphatic rings. The number of ether oxygens (including phenoxy) is 2. The zero-order valence-corrected chi connectivity index (χ0v) is 14.3. The van der Waals surface area contributed by atoms with Gasteiger partial charge in [-0.1, -0.05) is 0 Å². The van der Waals surface area contributed by atoms with E-state index < -0.39 is 29.5 Å². The van der Waals surface area contributed by atoms with Gasteiger partial charge in [-0.25, -0.2) is 9.59 Å². The normalized spacial score (nSPS) is 22.4. The fraction of sp³-hybridized carbons (Fsp3) is 0.867. The second kappa shape index (κ2) is 6.73. The molecular formula is C15H28N2O5. The fourth-order valence-electron chi connectivity index (χ4n) is 2.06. The lowest BCUT2D eigenvalue weighted by Gasteiger charge is -2.24. The average Bonchev–Trinajstić information content (AvgIpc) is 2.63. The van der Waals surface area contributed by atoms with Gasteiger partial charge in [-0.3, -0.25) is 0 Å². The highest BCUT2D eigenvalue weighted by Crippen LogP contribution is 2.19. The first-order chi connectivity index (χ1) is 9.87. The van der Waals surface area contributed by atoms with Crippen molar-refractivity contribution in [3.63, 3.8) is 0 Å². The molecule has 0 spiro atoms. The quantitative estimate of drug-likeness (QED) is 0.810. The minimum Gasteiger partial charge on any atom is -0.444 e. The SMILES string of the molecule is CC(C)(C)OC(=O)NC[C@@H]1CN(C(=O)OC(C)(C)C)C[C@@H]1O. The Labute approximate surface area is 131 Å². The molecule has 1 aliphatic heterocycles. The highest BCUT2D eigenvalue weighted by molar-refractivity contribution is 5.69. The van der Waals surface area contributed by atoms with Crippen molar-refractivity contribution < 1.29 is 24.2 Å². The molecule has 0 aromatic rings. The summed E-state index contributed by atoms with van der Waals surface area (Å²) >= 11 is 0. The van der Waals surface area contributed by atoms with Crippen LogP contribution in [0.15, 0.2) is 0 Å². The summed E-state index contributed by atoms with van der Waals surface area (Å²) in [6, 6.07) is 0. The Morgan fingerprint density at radius 1 is 1.09 bits per heavy atom. The summed E-state index contributed by atoms with van der Waals surface area (Å²) in [6.45, 7) is 11.5. The van der Waals surface area contributed by atoms with E-state index in [-0.39, 0.29) is 19.0 Å². The van der Waals surface area contributed by atoms with Gasteiger partial charge in [-0.2, -0.15) is 0 Å². The summed E-state index contributed by atoms with van der Waals surface area (Å²) in [4.78, 5) is 25.0. The lowest BCUT2D eigenvalue weighted by Crippen LogP contribution is -2.38. The Morgan fingerprint density at radius 2 is 1.64 bits per heavy atom. The number of carbonyl (C=O) groups excluding carboxylic acids is 2. The number of likely N-dealkylation sites (tertiary alicyclic amines) is 1. The van der Waals surface area contributed by atoms with Crippen molar-refractivity contribution in [1.29, 1.82) is 0 Å². The molecule has 7 heteroatoms. The molecule has 1 heterocycles. The molecule has 0 unspecified atom stereocenters. The van der Waals surface area contributed by atoms with Gasteiger partial charge in [0.05, 0.1) is 12.6 Å². The maximum Gasteiger partial charge on any atom is 0.410 e. The van der Waals surface area contributed by atoms with Crippen LogP contribution in [-0.2, 0) is 9.47 Å². The van der Waals surface area contributed by atoms with Gasteiger partial charge < -0.3 is 24.8 Å². The van der Waals surface area contributed by atoms with Crippen LogP contribution in [0.25, 0.3) is 0 Å². The monoisotopic (exact) mass is 316 g/mol. The third-order valence-electron chi connectivity index (χ3n) is 2.97. The number of aliphatic hydroxyl groups is 1. The maximum absolute atomic E-state index is 12.0. The lowest BCUT2D eigenvalue weighted by atomic mass is 10.1. The van der Waals surface area contributed by atoms with E-state index in [1.807, 2.05) is 0 Å². The molecule has 0 saturated carbocycles. The van der Waals surface area contributed by atoms with Crippen LogP contribution in [-0.4, -0.2) is 59.1 Å². The van der Waals surface area contributed by atoms with Gasteiger partial charge in [0, 0.05) is 19.0 Å². The second-order valence-electron chi connectivity index (χ2n) is 7.60. The minimum atomic E-state index is -0.692. The van der Waals surface area contributed by atoms with Crippen molar-refractivity contribution in [2.24, 2.45) is 5.92 Å². The van der Waals surface area contributed by atoms with Gasteiger partial charge in [-0.15, -0.1) is 0 Å². The van der Waals surface area contributed by atoms with E-state index in [4.69, 9.17) is 9.47 Å². The van der Waals surface area contributed by atoms with Crippen molar-refractivity contribution in [3.8, 4) is 0 Å². The van der Waals surface area contributed by atoms with Crippen molar-refractivity contribution in [3.05, 3.63) is 0 Å². The summed E-state index contributed by atoms with van der Waals surface area (Å²) in [7, 11) is 0. The highest BCUT2D eigenvalue weighted by atomic mass is 16.6. The van der Waals surface area contributed by atoms with Gasteiger partial charge >= 0.3 is 12.2 Å². The molecule has 2 atom stereocenters. The Balaban J connectivity index is 2.44. The van der Waals surface area contributed by atoms with E-state index in [1.54, 1.807) is 41.5 Å². The Bertz CT molecular complexity index is 411. The standard InChI is InChI=1S/C15H28N2O5/c1-14(2,3)21-12(19)16-7-10-8-17(9-11(10)18)13(20)22-15(4,5)6/h10-11,18H,7-9H2,1-6H3,(H,16,19)/t10-,11+/m1/s1. The molecule has 0 bridgehead atoms. The molecule has 0 aromatic carbocycles. The lowest BCUT2D eigenvalue weighted by molar-refractivity contribution is 0.0269. The van der Waals surface area contributed by atoms with Crippen molar-refractivity contribution in [1.82, 2.24) is 10.2 Å². The summed E-state index contributed by atoms with van der Waals surface area (Å²) in [5, 5.41) is 12.6. The predicted octanol–water partition coefficient (Wildman–Crippen LogP) is 1.74. The van der Waals surface area contributed by atoms with Crippen LogP contribution in [0, 0.1) is 5.92 Å². The molecule has 0 radical (unpaired) electrons. The number of nitrogens with zero attached hydrogens (tertiary/aromatic N) is 1. The molecule has 2 amide bonds. The van der Waals surface area contributed by atoms with Crippen LogP contribution < -0.4 is 5.32 Å². The number of aliphatic hydroxyl groups excluding tert-OH is 1. The number of hydrogen-bond donors (Lipinski definition) is 2. The zero-order valence-electron chi connectivity index (χ0n) is 14.3. The number of hydrogen-bond acceptors (Lipinski definition) is 5. The molecule has 0 aromatic heterocycles. The summed E-state index contributed by atoms with van der Waals surface area (Å²) in [6.07, 6.45) is -1.68. The highest BCUT2D eigenvalue weighted by Gasteiger charge is 2.36. The van der Waals surface area contributed by atoms with Gasteiger partial charge in [0.2, 0.25) is 0 Å². The number of nitrogens with one attached hydrogen (secondary N) is 1. The maximum atomic E-state index is 12.0. The second-order valence-corrected chi connectivity index (χ2v) is 7.60. The molecule has 1 fully saturated rings. The van der Waals surface area contributed by atoms with Crippen LogP contribution >= 0.6 is 0 Å². The number of amides is 2. The van der Waals surface area contributed by atoms with Gasteiger partial charge in [0.1, 0.15) is 11.2 Å². The topological polar surface area (TPSA) is 88.1 Å². The Morgan fingerprint density at radius 3 is 2.14 bits per heavy atom. The van der Waals surface area contributed by atoms with Gasteiger partial charge in [0.15, 0.2) is 0 Å². The smallest absolute Gasteiger partial charge is 0.410 e. The molecule has 128 valence electrons. The van der Waals surface area contributed by atoms with E-state index in [0.29, 0.717) is 6.54 Å². The first kappa shape index (κ1) is 18.5. The van der Waals surface area contributed by atoms with Crippen LogP contribution in [0.3, 0.4) is 0 Å². The van der Waals surface area contributed by atoms with Crippen LogP contribution in [0.2, 0.25) is 0 Å². The van der Waals surface area contributed by atoms with E-state index >= 15 is 0 Å². The van der Waals surface area contributed by atoms with Crippen molar-refractivity contribution in [2.75, 3.05) is 19.6 Å². The molecule has 1 saturated heterocycles. The first-order valence-electron chi connectivity index (χ1n) is 7.50. The molecule has 7 nitrogen and oxygen atoms in total. The van der Waals surface area contributed by atoms with Gasteiger partial charge in [-0.05, 0) is 41.5 Å². The van der Waals surface area contributed by atoms with Crippen LogP contribution in [0.4, 0.5) is 9.59 Å². The van der Waals surface area contributed by atoms with E-state index in [9.17, 15) is 14.7 Å². The van der Waals surface area contributed by atoms with Crippen LogP contribution in [0.5, 0.6) is 0 Å². The van der Waals surface area contributed by atoms with Crippen molar-refractivity contribution in [2.45, 2.75) is 58.8 Å². The summed E-state index contributed by atoms with van der Waals surface area (Å²) in [5.41, 5.74) is -1.14. The molecular weight excluding hydrogens is 288 g/mol. The molecule has 22 heavy (non-hydrogen) atoms. The Kier molecular flexibility index (Phi) is 5.67. The number of carbonyl (C=O) groups is 2. The summed E-state index contributed by atoms with van der Waals surface area (Å²) < 4.78 is 10.4. The number of β-amino-alcohol motifs (C(OH)–C–C–N with tert-alkyl or cyclic N) is 1.